The van der Waals surface area contributed by atoms with E-state index in [0.717, 1.165) is 11.1 Å². The van der Waals surface area contributed by atoms with Crippen molar-refractivity contribution in [2.45, 2.75) is 6.92 Å². The van der Waals surface area contributed by atoms with Crippen LogP contribution in [-0.2, 0) is 0 Å². The Kier molecular flexibility index (Phi) is 3.46. The first-order chi connectivity index (χ1) is 11.6. The molecule has 4 aromatic rings. The highest BCUT2D eigenvalue weighted by atomic mass is 32.1. The summed E-state index contributed by atoms with van der Waals surface area (Å²) < 4.78 is 15.4. The fourth-order valence-corrected chi connectivity index (χ4v) is 3.37. The van der Waals surface area contributed by atoms with Crippen molar-refractivity contribution in [1.29, 1.82) is 0 Å². The normalized spacial score (nSPS) is 12.2. The highest BCUT2D eigenvalue weighted by Crippen LogP contribution is 2.17. The molecule has 6 heteroatoms. The standard InChI is InChI=1S/C18H12FN3OS/c1-11-5-4-7-13(9-11)16-20-18-22(21-16)17(23)15(24-18)10-12-6-2-3-8-14(12)19/h2-10H,1H3. The lowest BCUT2D eigenvalue weighted by Gasteiger charge is -1.95. The van der Waals surface area contributed by atoms with Crippen molar-refractivity contribution >= 4 is 22.4 Å². The van der Waals surface area contributed by atoms with Crippen molar-refractivity contribution < 1.29 is 4.39 Å². The van der Waals surface area contributed by atoms with Crippen LogP contribution in [0.5, 0.6) is 0 Å². The summed E-state index contributed by atoms with van der Waals surface area (Å²) in [5, 5.41) is 4.30. The molecule has 0 N–H and O–H groups in total. The highest BCUT2D eigenvalue weighted by Gasteiger charge is 2.12. The lowest BCUT2D eigenvalue weighted by Crippen LogP contribution is -2.23. The average Bonchev–Trinajstić information content (AvgIpc) is 3.10. The Morgan fingerprint density at radius 3 is 2.75 bits per heavy atom. The summed E-state index contributed by atoms with van der Waals surface area (Å²) in [7, 11) is 0. The van der Waals surface area contributed by atoms with Crippen molar-refractivity contribution in [3.63, 3.8) is 0 Å². The van der Waals surface area contributed by atoms with E-state index in [1.807, 2.05) is 31.2 Å². The van der Waals surface area contributed by atoms with E-state index >= 15 is 0 Å². The molecule has 2 heterocycles. The van der Waals surface area contributed by atoms with Crippen molar-refractivity contribution in [3.8, 4) is 11.4 Å². The molecule has 2 aromatic carbocycles. The molecular formula is C18H12FN3OS. The van der Waals surface area contributed by atoms with Gasteiger partial charge in [0.2, 0.25) is 4.96 Å². The number of aromatic nitrogens is 3. The molecule has 4 rings (SSSR count). The minimum absolute atomic E-state index is 0.287. The second-order valence-electron chi connectivity index (χ2n) is 5.44. The van der Waals surface area contributed by atoms with E-state index in [1.165, 1.54) is 28.0 Å². The minimum Gasteiger partial charge on any atom is -0.266 e. The van der Waals surface area contributed by atoms with Crippen LogP contribution in [0.4, 0.5) is 4.39 Å². The molecule has 0 aliphatic carbocycles. The van der Waals surface area contributed by atoms with Crippen LogP contribution in [0.3, 0.4) is 0 Å². The Morgan fingerprint density at radius 1 is 1.17 bits per heavy atom. The Hall–Kier alpha value is -2.86. The van der Waals surface area contributed by atoms with E-state index in [0.29, 0.717) is 20.9 Å². The summed E-state index contributed by atoms with van der Waals surface area (Å²) in [6.07, 6.45) is 1.53. The summed E-state index contributed by atoms with van der Waals surface area (Å²) in [6.45, 7) is 1.99. The predicted molar refractivity (Wildman–Crippen MR) is 92.5 cm³/mol. The molecule has 4 nitrogen and oxygen atoms in total. The van der Waals surface area contributed by atoms with Gasteiger partial charge in [0.05, 0.1) is 4.53 Å². The zero-order chi connectivity index (χ0) is 16.7. The fraction of sp³-hybridized carbons (Fsp3) is 0.0556. The number of nitrogens with zero attached hydrogens (tertiary/aromatic N) is 3. The molecule has 0 aliphatic rings. The Morgan fingerprint density at radius 2 is 2.00 bits per heavy atom. The predicted octanol–water partition coefficient (Wildman–Crippen LogP) is 2.81. The van der Waals surface area contributed by atoms with Gasteiger partial charge in [0.15, 0.2) is 5.82 Å². The molecule has 0 atom stereocenters. The maximum atomic E-state index is 13.7. The summed E-state index contributed by atoms with van der Waals surface area (Å²) in [5.41, 5.74) is 2.05. The van der Waals surface area contributed by atoms with Crippen LogP contribution in [0.15, 0.2) is 53.3 Å². The zero-order valence-corrected chi connectivity index (χ0v) is 13.5. The van der Waals surface area contributed by atoms with Gasteiger partial charge in [0.1, 0.15) is 5.82 Å². The van der Waals surface area contributed by atoms with E-state index in [2.05, 4.69) is 10.1 Å². The first kappa shape index (κ1) is 14.7. The highest BCUT2D eigenvalue weighted by molar-refractivity contribution is 7.15. The molecule has 0 fully saturated rings. The number of fused-ring (bicyclic) bond motifs is 1. The largest absolute Gasteiger partial charge is 0.291 e. The number of hydrogen-bond acceptors (Lipinski definition) is 4. The van der Waals surface area contributed by atoms with Gasteiger partial charge in [-0.05, 0) is 25.1 Å². The Labute approximate surface area is 140 Å². The molecule has 0 unspecified atom stereocenters. The monoisotopic (exact) mass is 337 g/mol. The maximum Gasteiger partial charge on any atom is 0.291 e. The van der Waals surface area contributed by atoms with Crippen molar-refractivity contribution in [3.05, 3.63) is 80.4 Å². The van der Waals surface area contributed by atoms with E-state index in [1.54, 1.807) is 18.2 Å². The van der Waals surface area contributed by atoms with Crippen LogP contribution in [0.1, 0.15) is 11.1 Å². The van der Waals surface area contributed by atoms with Crippen LogP contribution in [-0.4, -0.2) is 14.6 Å². The fourth-order valence-electron chi connectivity index (χ4n) is 2.47. The van der Waals surface area contributed by atoms with Crippen LogP contribution in [0.2, 0.25) is 0 Å². The van der Waals surface area contributed by atoms with E-state index in [9.17, 15) is 9.18 Å². The first-order valence-corrected chi connectivity index (χ1v) is 8.16. The van der Waals surface area contributed by atoms with Crippen LogP contribution in [0, 0.1) is 12.7 Å². The molecule has 0 bridgehead atoms. The smallest absolute Gasteiger partial charge is 0.266 e. The van der Waals surface area contributed by atoms with Gasteiger partial charge in [-0.25, -0.2) is 4.39 Å². The molecule has 0 saturated heterocycles. The van der Waals surface area contributed by atoms with Crippen molar-refractivity contribution in [1.82, 2.24) is 14.6 Å². The molecular weight excluding hydrogens is 325 g/mol. The lowest BCUT2D eigenvalue weighted by atomic mass is 10.1. The zero-order valence-electron chi connectivity index (χ0n) is 12.7. The van der Waals surface area contributed by atoms with Gasteiger partial charge in [-0.3, -0.25) is 4.79 Å². The van der Waals surface area contributed by atoms with E-state index in [-0.39, 0.29) is 11.4 Å². The Balaban J connectivity index is 1.85. The first-order valence-electron chi connectivity index (χ1n) is 7.35. The van der Waals surface area contributed by atoms with Crippen LogP contribution >= 0.6 is 11.3 Å². The quantitative estimate of drug-likeness (QED) is 0.565. The van der Waals surface area contributed by atoms with Crippen LogP contribution in [0.25, 0.3) is 22.4 Å². The van der Waals surface area contributed by atoms with E-state index in [4.69, 9.17) is 0 Å². The summed E-state index contributed by atoms with van der Waals surface area (Å²) >= 11 is 1.20. The number of hydrogen-bond donors (Lipinski definition) is 0. The molecule has 118 valence electrons. The summed E-state index contributed by atoms with van der Waals surface area (Å²) in [4.78, 5) is 17.4. The average molecular weight is 337 g/mol. The lowest BCUT2D eigenvalue weighted by molar-refractivity contribution is 0.625. The van der Waals surface area contributed by atoms with Gasteiger partial charge in [0.25, 0.3) is 5.56 Å². The molecule has 24 heavy (non-hydrogen) atoms. The Bertz CT molecular complexity index is 1160. The maximum absolute atomic E-state index is 13.7. The number of halogens is 1. The molecule has 2 aromatic heterocycles. The van der Waals surface area contributed by atoms with Gasteiger partial charge in [-0.15, -0.1) is 5.10 Å². The van der Waals surface area contributed by atoms with Gasteiger partial charge in [0, 0.05) is 11.1 Å². The second kappa shape index (κ2) is 5.65. The molecule has 0 radical (unpaired) electrons. The third-order valence-corrected chi connectivity index (χ3v) is 4.61. The summed E-state index contributed by atoms with van der Waals surface area (Å²) in [6, 6.07) is 14.1. The van der Waals surface area contributed by atoms with Gasteiger partial charge < -0.3 is 0 Å². The number of thiazole rings is 1. The van der Waals surface area contributed by atoms with Crippen LogP contribution < -0.4 is 10.1 Å². The van der Waals surface area contributed by atoms with Gasteiger partial charge >= 0.3 is 0 Å². The van der Waals surface area contributed by atoms with Gasteiger partial charge in [-0.1, -0.05) is 53.3 Å². The SMILES string of the molecule is Cc1cccc(-c2nc3sc(=Cc4ccccc4F)c(=O)n3n2)c1. The number of benzene rings is 2. The van der Waals surface area contributed by atoms with Crippen molar-refractivity contribution in [2.75, 3.05) is 0 Å². The topological polar surface area (TPSA) is 47.3 Å². The molecule has 0 aliphatic heterocycles. The third kappa shape index (κ3) is 2.51. The van der Waals surface area contributed by atoms with Gasteiger partial charge in [-0.2, -0.15) is 9.50 Å². The van der Waals surface area contributed by atoms with E-state index < -0.39 is 0 Å². The minimum atomic E-state index is -0.364. The molecule has 0 spiro atoms. The molecule has 0 saturated carbocycles. The molecule has 0 amide bonds. The van der Waals surface area contributed by atoms with Crippen molar-refractivity contribution in [2.24, 2.45) is 0 Å². The second-order valence-corrected chi connectivity index (χ2v) is 6.45. The third-order valence-electron chi connectivity index (χ3n) is 3.65. The number of aryl methyl sites for hydroxylation is 1. The summed E-state index contributed by atoms with van der Waals surface area (Å²) in [5.74, 6) is 0.149. The number of rotatable bonds is 2.